The Labute approximate surface area is 99.0 Å². The van der Waals surface area contributed by atoms with Crippen LogP contribution in [0.4, 0.5) is 5.69 Å². The summed E-state index contributed by atoms with van der Waals surface area (Å²) in [5, 5.41) is 3.49. The number of ether oxygens (including phenoxy) is 1. The molecule has 0 aliphatic rings. The highest BCUT2D eigenvalue weighted by Crippen LogP contribution is 2.18. The second kappa shape index (κ2) is 6.41. The summed E-state index contributed by atoms with van der Waals surface area (Å²) in [6.45, 7) is 6.75. The monoisotopic (exact) mass is 221 g/mol. The molecule has 1 rings (SSSR count). The smallest absolute Gasteiger partial charge is 0.120 e. The molecule has 2 nitrogen and oxygen atoms in total. The molecule has 1 unspecified atom stereocenters. The van der Waals surface area contributed by atoms with Crippen LogP contribution >= 0.6 is 0 Å². The zero-order valence-electron chi connectivity index (χ0n) is 10.8. The van der Waals surface area contributed by atoms with Crippen LogP contribution in [-0.4, -0.2) is 13.2 Å². The Balaban J connectivity index is 2.45. The van der Waals surface area contributed by atoms with Gasteiger partial charge in [0, 0.05) is 17.8 Å². The minimum Gasteiger partial charge on any atom is -0.497 e. The van der Waals surface area contributed by atoms with Crippen molar-refractivity contribution < 1.29 is 4.74 Å². The molecule has 0 aromatic heterocycles. The standard InChI is InChI=1S/C14H23NO/c1-11(2)8-9-12(3)15-13-6-5-7-14(10-13)16-4/h5-7,10-12,15H,8-9H2,1-4H3. The lowest BCUT2D eigenvalue weighted by Gasteiger charge is -2.16. The lowest BCUT2D eigenvalue weighted by atomic mass is 10.0. The Kier molecular flexibility index (Phi) is 5.17. The van der Waals surface area contributed by atoms with Crippen LogP contribution < -0.4 is 10.1 Å². The molecule has 1 atom stereocenters. The third kappa shape index (κ3) is 4.56. The molecule has 0 fully saturated rings. The van der Waals surface area contributed by atoms with Crippen LogP contribution in [0.3, 0.4) is 0 Å². The third-order valence-corrected chi connectivity index (χ3v) is 2.66. The molecule has 0 radical (unpaired) electrons. The fourth-order valence-corrected chi connectivity index (χ4v) is 1.65. The minimum atomic E-state index is 0.509. The van der Waals surface area contributed by atoms with E-state index in [4.69, 9.17) is 4.74 Å². The lowest BCUT2D eigenvalue weighted by molar-refractivity contribution is 0.415. The van der Waals surface area contributed by atoms with Crippen molar-refractivity contribution in [1.29, 1.82) is 0 Å². The number of hydrogen-bond acceptors (Lipinski definition) is 2. The number of anilines is 1. The SMILES string of the molecule is COc1cccc(NC(C)CCC(C)C)c1. The van der Waals surface area contributed by atoms with E-state index in [1.165, 1.54) is 12.8 Å². The van der Waals surface area contributed by atoms with E-state index < -0.39 is 0 Å². The normalized spacial score (nSPS) is 12.6. The molecule has 1 N–H and O–H groups in total. The number of benzene rings is 1. The van der Waals surface area contributed by atoms with Gasteiger partial charge in [-0.05, 0) is 37.8 Å². The molecular weight excluding hydrogens is 198 g/mol. The quantitative estimate of drug-likeness (QED) is 0.785. The van der Waals surface area contributed by atoms with Crippen LogP contribution in [0.1, 0.15) is 33.6 Å². The summed E-state index contributed by atoms with van der Waals surface area (Å²) in [6, 6.07) is 8.59. The van der Waals surface area contributed by atoms with E-state index in [1.807, 2.05) is 18.2 Å². The summed E-state index contributed by atoms with van der Waals surface area (Å²) in [4.78, 5) is 0. The van der Waals surface area contributed by atoms with Gasteiger partial charge >= 0.3 is 0 Å². The van der Waals surface area contributed by atoms with Crippen LogP contribution in [-0.2, 0) is 0 Å². The van der Waals surface area contributed by atoms with Crippen molar-refractivity contribution in [3.63, 3.8) is 0 Å². The van der Waals surface area contributed by atoms with E-state index in [9.17, 15) is 0 Å². The van der Waals surface area contributed by atoms with E-state index in [1.54, 1.807) is 7.11 Å². The summed E-state index contributed by atoms with van der Waals surface area (Å²) in [5.74, 6) is 1.68. The van der Waals surface area contributed by atoms with E-state index in [2.05, 4.69) is 32.2 Å². The first-order valence-electron chi connectivity index (χ1n) is 6.02. The van der Waals surface area contributed by atoms with Gasteiger partial charge in [-0.15, -0.1) is 0 Å². The fraction of sp³-hybridized carbons (Fsp3) is 0.571. The van der Waals surface area contributed by atoms with E-state index in [0.29, 0.717) is 6.04 Å². The molecule has 0 heterocycles. The summed E-state index contributed by atoms with van der Waals surface area (Å²) in [5.41, 5.74) is 1.13. The average molecular weight is 221 g/mol. The Morgan fingerprint density at radius 1 is 1.19 bits per heavy atom. The second-order valence-corrected chi connectivity index (χ2v) is 4.75. The van der Waals surface area contributed by atoms with Gasteiger partial charge < -0.3 is 10.1 Å². The van der Waals surface area contributed by atoms with Crippen LogP contribution in [0, 0.1) is 5.92 Å². The van der Waals surface area contributed by atoms with Crippen LogP contribution in [0.2, 0.25) is 0 Å². The second-order valence-electron chi connectivity index (χ2n) is 4.75. The highest BCUT2D eigenvalue weighted by molar-refractivity contribution is 5.48. The summed E-state index contributed by atoms with van der Waals surface area (Å²) in [7, 11) is 1.70. The molecule has 0 spiro atoms. The van der Waals surface area contributed by atoms with E-state index >= 15 is 0 Å². The summed E-state index contributed by atoms with van der Waals surface area (Å²) in [6.07, 6.45) is 2.47. The van der Waals surface area contributed by atoms with Gasteiger partial charge in [-0.25, -0.2) is 0 Å². The Morgan fingerprint density at radius 3 is 2.56 bits per heavy atom. The van der Waals surface area contributed by atoms with Gasteiger partial charge in [-0.2, -0.15) is 0 Å². The maximum Gasteiger partial charge on any atom is 0.120 e. The lowest BCUT2D eigenvalue weighted by Crippen LogP contribution is -2.15. The first-order valence-corrected chi connectivity index (χ1v) is 6.02. The van der Waals surface area contributed by atoms with Crippen molar-refractivity contribution in [2.45, 2.75) is 39.7 Å². The molecule has 0 aliphatic carbocycles. The molecule has 0 amide bonds. The van der Waals surface area contributed by atoms with Gasteiger partial charge in [0.25, 0.3) is 0 Å². The highest BCUT2D eigenvalue weighted by Gasteiger charge is 2.04. The molecule has 0 aliphatic heterocycles. The van der Waals surface area contributed by atoms with E-state index in [0.717, 1.165) is 17.4 Å². The summed E-state index contributed by atoms with van der Waals surface area (Å²) >= 11 is 0. The molecule has 1 aromatic rings. The van der Waals surface area contributed by atoms with Crippen LogP contribution in [0.25, 0.3) is 0 Å². The molecule has 1 aromatic carbocycles. The highest BCUT2D eigenvalue weighted by atomic mass is 16.5. The Morgan fingerprint density at radius 2 is 1.94 bits per heavy atom. The minimum absolute atomic E-state index is 0.509. The van der Waals surface area contributed by atoms with Crippen LogP contribution in [0.5, 0.6) is 5.75 Å². The van der Waals surface area contributed by atoms with Gasteiger partial charge in [-0.1, -0.05) is 19.9 Å². The number of methoxy groups -OCH3 is 1. The van der Waals surface area contributed by atoms with Gasteiger partial charge in [0.2, 0.25) is 0 Å². The van der Waals surface area contributed by atoms with Crippen molar-refractivity contribution in [2.24, 2.45) is 5.92 Å². The predicted octanol–water partition coefficient (Wildman–Crippen LogP) is 3.93. The van der Waals surface area contributed by atoms with Crippen molar-refractivity contribution in [3.05, 3.63) is 24.3 Å². The molecule has 2 heteroatoms. The molecule has 0 saturated carbocycles. The van der Waals surface area contributed by atoms with Crippen LogP contribution in [0.15, 0.2) is 24.3 Å². The van der Waals surface area contributed by atoms with Gasteiger partial charge in [0.05, 0.1) is 7.11 Å². The van der Waals surface area contributed by atoms with Gasteiger partial charge in [0.1, 0.15) is 5.75 Å². The zero-order valence-corrected chi connectivity index (χ0v) is 10.8. The molecule has 0 saturated heterocycles. The van der Waals surface area contributed by atoms with Crippen molar-refractivity contribution in [1.82, 2.24) is 0 Å². The molecular formula is C14H23NO. The molecule has 90 valence electrons. The number of nitrogens with one attached hydrogen (secondary N) is 1. The average Bonchev–Trinajstić information content (AvgIpc) is 2.26. The summed E-state index contributed by atoms with van der Waals surface area (Å²) < 4.78 is 5.19. The zero-order chi connectivity index (χ0) is 12.0. The first-order chi connectivity index (χ1) is 7.61. The van der Waals surface area contributed by atoms with Gasteiger partial charge in [-0.3, -0.25) is 0 Å². The fourth-order valence-electron chi connectivity index (χ4n) is 1.65. The van der Waals surface area contributed by atoms with Gasteiger partial charge in [0.15, 0.2) is 0 Å². The van der Waals surface area contributed by atoms with E-state index in [-0.39, 0.29) is 0 Å². The van der Waals surface area contributed by atoms with Crippen molar-refractivity contribution in [2.75, 3.05) is 12.4 Å². The topological polar surface area (TPSA) is 21.3 Å². The van der Waals surface area contributed by atoms with Crippen molar-refractivity contribution >= 4 is 5.69 Å². The predicted molar refractivity (Wildman–Crippen MR) is 70.2 cm³/mol. The molecule has 0 bridgehead atoms. The maximum atomic E-state index is 5.19. The molecule has 16 heavy (non-hydrogen) atoms. The maximum absolute atomic E-state index is 5.19. The Hall–Kier alpha value is -1.18. The third-order valence-electron chi connectivity index (χ3n) is 2.66. The Bertz CT molecular complexity index is 309. The largest absolute Gasteiger partial charge is 0.497 e. The number of hydrogen-bond donors (Lipinski definition) is 1. The van der Waals surface area contributed by atoms with Crippen molar-refractivity contribution in [3.8, 4) is 5.75 Å². The number of rotatable bonds is 6. The first kappa shape index (κ1) is 12.9.